The topological polar surface area (TPSA) is 85.0 Å². The summed E-state index contributed by atoms with van der Waals surface area (Å²) in [5, 5.41) is 21.1. The van der Waals surface area contributed by atoms with Gasteiger partial charge in [-0.25, -0.2) is 0 Å². The van der Waals surface area contributed by atoms with E-state index >= 15 is 0 Å². The molecule has 0 bridgehead atoms. The van der Waals surface area contributed by atoms with Crippen LogP contribution in [-0.4, -0.2) is 21.7 Å². The lowest BCUT2D eigenvalue weighted by Crippen LogP contribution is -2.25. The minimum Gasteiger partial charge on any atom is -0.445 e. The highest BCUT2D eigenvalue weighted by atomic mass is 16.6. The molecule has 5 rings (SSSR count). The summed E-state index contributed by atoms with van der Waals surface area (Å²) >= 11 is 0. The van der Waals surface area contributed by atoms with Crippen molar-refractivity contribution in [3.63, 3.8) is 0 Å². The molecule has 1 aliphatic heterocycles. The van der Waals surface area contributed by atoms with Crippen molar-refractivity contribution in [2.45, 2.75) is 13.2 Å². The summed E-state index contributed by atoms with van der Waals surface area (Å²) in [7, 11) is 0. The molecule has 152 valence electrons. The maximum atomic E-state index is 12.4. The van der Waals surface area contributed by atoms with Gasteiger partial charge in [0.15, 0.2) is 0 Å². The van der Waals surface area contributed by atoms with Gasteiger partial charge < -0.3 is 4.74 Å². The second-order valence-corrected chi connectivity index (χ2v) is 7.25. The molecule has 0 aliphatic carbocycles. The number of hydrogen-bond acceptors (Lipinski definition) is 5. The summed E-state index contributed by atoms with van der Waals surface area (Å²) in [4.78, 5) is 23.5. The van der Waals surface area contributed by atoms with Crippen LogP contribution in [0.3, 0.4) is 0 Å². The van der Waals surface area contributed by atoms with Gasteiger partial charge >= 0.3 is 0 Å². The van der Waals surface area contributed by atoms with Gasteiger partial charge in [0, 0.05) is 13.0 Å². The van der Waals surface area contributed by atoms with Gasteiger partial charge in [-0.1, -0.05) is 60.7 Å². The summed E-state index contributed by atoms with van der Waals surface area (Å²) in [5.74, 6) is -0.117. The number of carbonyl (C=O) groups is 1. The third-order valence-corrected chi connectivity index (χ3v) is 5.35. The second kappa shape index (κ2) is 7.21. The van der Waals surface area contributed by atoms with Gasteiger partial charge in [-0.15, -0.1) is 5.10 Å². The van der Waals surface area contributed by atoms with Crippen LogP contribution < -0.4 is 0 Å². The number of hydrogen-bond donors (Lipinski definition) is 0. The van der Waals surface area contributed by atoms with Gasteiger partial charge in [-0.05, 0) is 33.7 Å². The molecule has 1 amide bonds. The Morgan fingerprint density at radius 1 is 0.968 bits per heavy atom. The van der Waals surface area contributed by atoms with Crippen molar-refractivity contribution >= 4 is 39.0 Å². The van der Waals surface area contributed by atoms with Crippen molar-refractivity contribution in [1.29, 1.82) is 0 Å². The van der Waals surface area contributed by atoms with Crippen LogP contribution in [0.1, 0.15) is 24.3 Å². The Balaban J connectivity index is 1.72. The Morgan fingerprint density at radius 2 is 1.55 bits per heavy atom. The Hall–Kier alpha value is -4.26. The summed E-state index contributed by atoms with van der Waals surface area (Å²) in [6, 6.07) is 24.0. The number of nitrogens with zero attached hydrogens (tertiary/aromatic N) is 3. The maximum Gasteiger partial charge on any atom is 0.278 e. The molecule has 1 heterocycles. The predicted molar refractivity (Wildman–Crippen MR) is 117 cm³/mol. The summed E-state index contributed by atoms with van der Waals surface area (Å²) in [6.07, 6.45) is -1.02. The molecule has 31 heavy (non-hydrogen) atoms. The fourth-order valence-electron chi connectivity index (χ4n) is 3.98. The molecule has 4 aromatic carbocycles. The molecule has 0 N–H and O–H groups in total. The first-order valence-electron chi connectivity index (χ1n) is 9.74. The monoisotopic (exact) mass is 411 g/mol. The van der Waals surface area contributed by atoms with E-state index in [1.54, 1.807) is 18.2 Å². The molecule has 4 aromatic rings. The lowest BCUT2D eigenvalue weighted by molar-refractivity contribution is -0.386. The van der Waals surface area contributed by atoms with E-state index in [1.165, 1.54) is 13.0 Å². The van der Waals surface area contributed by atoms with Crippen LogP contribution in [-0.2, 0) is 9.53 Å². The quantitative estimate of drug-likeness (QED) is 0.265. The number of amides is 1. The second-order valence-electron chi connectivity index (χ2n) is 7.25. The standard InChI is InChI=1S/C24H17N3O4/c1-15(28)26-24(20-12-6-7-13-21(20)27(29)30)31-23(25-26)22-18-10-4-2-8-16(18)14-17-9-3-5-11-19(17)22/h2-14,24H,1H3/t24-/m0/s1. The number of para-hydroxylation sites is 1. The average Bonchev–Trinajstić information content (AvgIpc) is 3.22. The Labute approximate surface area is 177 Å². The number of nitro groups is 1. The van der Waals surface area contributed by atoms with Crippen molar-refractivity contribution in [2.75, 3.05) is 0 Å². The highest BCUT2D eigenvalue weighted by molar-refractivity contribution is 6.18. The average molecular weight is 411 g/mol. The molecule has 0 saturated heterocycles. The molecular weight excluding hydrogens is 394 g/mol. The minimum absolute atomic E-state index is 0.127. The SMILES string of the molecule is CC(=O)N1N=C(c2c3ccccc3cc3ccccc23)O[C@H]1c1ccccc1[N+](=O)[O-]. The van der Waals surface area contributed by atoms with Crippen LogP contribution in [0.25, 0.3) is 21.5 Å². The fraction of sp³-hybridized carbons (Fsp3) is 0.0833. The molecule has 1 aliphatic rings. The highest BCUT2D eigenvalue weighted by Gasteiger charge is 2.37. The maximum absolute atomic E-state index is 12.4. The molecule has 0 aromatic heterocycles. The van der Waals surface area contributed by atoms with Crippen molar-refractivity contribution < 1.29 is 14.5 Å². The van der Waals surface area contributed by atoms with E-state index in [1.807, 2.05) is 48.5 Å². The van der Waals surface area contributed by atoms with E-state index in [9.17, 15) is 14.9 Å². The smallest absolute Gasteiger partial charge is 0.278 e. The van der Waals surface area contributed by atoms with E-state index in [0.717, 1.165) is 32.1 Å². The van der Waals surface area contributed by atoms with Crippen LogP contribution in [0.15, 0.2) is 84.0 Å². The number of rotatable bonds is 3. The van der Waals surface area contributed by atoms with Gasteiger partial charge in [0.1, 0.15) is 0 Å². The normalized spacial score (nSPS) is 15.7. The first-order chi connectivity index (χ1) is 15.0. The van der Waals surface area contributed by atoms with Crippen LogP contribution in [0.2, 0.25) is 0 Å². The zero-order valence-electron chi connectivity index (χ0n) is 16.6. The largest absolute Gasteiger partial charge is 0.445 e. The van der Waals surface area contributed by atoms with Gasteiger partial charge in [0.05, 0.1) is 16.1 Å². The summed E-state index contributed by atoms with van der Waals surface area (Å²) in [5.41, 5.74) is 0.894. The van der Waals surface area contributed by atoms with Crippen LogP contribution in [0.5, 0.6) is 0 Å². The molecule has 0 fully saturated rings. The summed E-state index contributed by atoms with van der Waals surface area (Å²) in [6.45, 7) is 1.36. The van der Waals surface area contributed by atoms with Crippen molar-refractivity contribution in [3.8, 4) is 0 Å². The number of nitro benzene ring substituents is 1. The van der Waals surface area contributed by atoms with E-state index in [4.69, 9.17) is 4.74 Å². The summed E-state index contributed by atoms with van der Waals surface area (Å²) < 4.78 is 6.17. The third kappa shape index (κ3) is 3.07. The van der Waals surface area contributed by atoms with Crippen LogP contribution in [0, 0.1) is 10.1 Å². The van der Waals surface area contributed by atoms with Crippen molar-refractivity contribution in [3.05, 3.63) is 100 Å². The van der Waals surface area contributed by atoms with E-state index < -0.39 is 11.2 Å². The Bertz CT molecular complexity index is 1340. The highest BCUT2D eigenvalue weighted by Crippen LogP contribution is 2.38. The number of hydrazone groups is 1. The third-order valence-electron chi connectivity index (χ3n) is 5.35. The lowest BCUT2D eigenvalue weighted by Gasteiger charge is -2.19. The van der Waals surface area contributed by atoms with Gasteiger partial charge in [0.25, 0.3) is 5.69 Å². The van der Waals surface area contributed by atoms with Gasteiger partial charge in [0.2, 0.25) is 18.0 Å². The molecule has 0 saturated carbocycles. The Kier molecular flexibility index (Phi) is 4.36. The molecule has 7 nitrogen and oxygen atoms in total. The number of carbonyl (C=O) groups excluding carboxylic acids is 1. The van der Waals surface area contributed by atoms with Crippen molar-refractivity contribution in [1.82, 2.24) is 5.01 Å². The molecular formula is C24H17N3O4. The zero-order valence-corrected chi connectivity index (χ0v) is 16.6. The minimum atomic E-state index is -1.02. The van der Waals surface area contributed by atoms with E-state index in [2.05, 4.69) is 11.2 Å². The molecule has 1 atom stereocenters. The van der Waals surface area contributed by atoms with E-state index in [0.29, 0.717) is 0 Å². The van der Waals surface area contributed by atoms with Crippen LogP contribution >= 0.6 is 0 Å². The number of ether oxygens (including phenoxy) is 1. The molecule has 0 radical (unpaired) electrons. The first-order valence-corrected chi connectivity index (χ1v) is 9.74. The van der Waals surface area contributed by atoms with Crippen molar-refractivity contribution in [2.24, 2.45) is 5.10 Å². The number of benzene rings is 4. The van der Waals surface area contributed by atoms with Crippen LogP contribution in [0.4, 0.5) is 5.69 Å². The Morgan fingerprint density at radius 3 is 2.16 bits per heavy atom. The predicted octanol–water partition coefficient (Wildman–Crippen LogP) is 5.14. The lowest BCUT2D eigenvalue weighted by atomic mass is 9.96. The zero-order chi connectivity index (χ0) is 21.5. The molecule has 0 unspecified atom stereocenters. The number of fused-ring (bicyclic) bond motifs is 2. The van der Waals surface area contributed by atoms with Gasteiger partial charge in [-0.3, -0.25) is 14.9 Å². The molecule has 7 heteroatoms. The fourth-order valence-corrected chi connectivity index (χ4v) is 3.98. The van der Waals surface area contributed by atoms with E-state index in [-0.39, 0.29) is 23.1 Å². The first kappa shape index (κ1) is 18.7. The molecule has 0 spiro atoms. The van der Waals surface area contributed by atoms with Gasteiger partial charge in [-0.2, -0.15) is 5.01 Å².